The highest BCUT2D eigenvalue weighted by atomic mass is 35.5. The van der Waals surface area contributed by atoms with Crippen LogP contribution in [0.5, 0.6) is 0 Å². The molecule has 0 radical (unpaired) electrons. The Bertz CT molecular complexity index is 920. The molecule has 1 saturated carbocycles. The largest absolute Gasteiger partial charge is 0.352 e. The van der Waals surface area contributed by atoms with Gasteiger partial charge in [0.05, 0.1) is 6.42 Å². The monoisotopic (exact) mass is 454 g/mol. The Morgan fingerprint density at radius 1 is 1.06 bits per heavy atom. The Morgan fingerprint density at radius 3 is 2.41 bits per heavy atom. The minimum atomic E-state index is -0.495. The number of hydrogen-bond donors (Lipinski definition) is 1. The molecule has 3 rings (SSSR count). The highest BCUT2D eigenvalue weighted by Crippen LogP contribution is 2.21. The SMILES string of the molecule is CCC(C(=O)NC1CCCCC1)N(Cc1ccc(Cl)cc1)C(=O)Cc1cc(C)ccc1C. The molecule has 0 bridgehead atoms. The van der Waals surface area contributed by atoms with Gasteiger partial charge in [0.1, 0.15) is 6.04 Å². The molecule has 1 aliphatic carbocycles. The molecule has 1 aliphatic rings. The van der Waals surface area contributed by atoms with Crippen molar-refractivity contribution in [2.24, 2.45) is 0 Å². The van der Waals surface area contributed by atoms with Crippen LogP contribution >= 0.6 is 11.6 Å². The van der Waals surface area contributed by atoms with E-state index in [-0.39, 0.29) is 24.3 Å². The normalized spacial score (nSPS) is 15.2. The third kappa shape index (κ3) is 6.59. The number of carbonyl (C=O) groups is 2. The first-order valence-electron chi connectivity index (χ1n) is 11.8. The summed E-state index contributed by atoms with van der Waals surface area (Å²) in [5, 5.41) is 3.89. The lowest BCUT2D eigenvalue weighted by Crippen LogP contribution is -2.52. The van der Waals surface area contributed by atoms with Crippen LogP contribution in [0, 0.1) is 13.8 Å². The summed E-state index contributed by atoms with van der Waals surface area (Å²) in [6.45, 7) is 6.42. The lowest BCUT2D eigenvalue weighted by molar-refractivity contribution is -0.141. The van der Waals surface area contributed by atoms with Crippen LogP contribution in [0.25, 0.3) is 0 Å². The van der Waals surface area contributed by atoms with Gasteiger partial charge in [0.15, 0.2) is 0 Å². The molecule has 2 aromatic carbocycles. The average Bonchev–Trinajstić information content (AvgIpc) is 2.78. The topological polar surface area (TPSA) is 49.4 Å². The third-order valence-electron chi connectivity index (χ3n) is 6.45. The molecule has 2 aromatic rings. The summed E-state index contributed by atoms with van der Waals surface area (Å²) in [6.07, 6.45) is 6.45. The fourth-order valence-corrected chi connectivity index (χ4v) is 4.63. The zero-order valence-corrected chi connectivity index (χ0v) is 20.3. The van der Waals surface area contributed by atoms with Gasteiger partial charge in [0.25, 0.3) is 0 Å². The molecule has 0 aromatic heterocycles. The molecule has 0 heterocycles. The first kappa shape index (κ1) is 24.3. The summed E-state index contributed by atoms with van der Waals surface area (Å²) >= 11 is 6.05. The van der Waals surface area contributed by atoms with E-state index in [0.717, 1.165) is 47.9 Å². The van der Waals surface area contributed by atoms with E-state index in [1.807, 2.05) is 45.0 Å². The highest BCUT2D eigenvalue weighted by Gasteiger charge is 2.30. The summed E-state index contributed by atoms with van der Waals surface area (Å²) in [6, 6.07) is 13.4. The van der Waals surface area contributed by atoms with Crippen LogP contribution in [-0.4, -0.2) is 28.8 Å². The van der Waals surface area contributed by atoms with E-state index in [1.54, 1.807) is 4.90 Å². The number of benzene rings is 2. The number of nitrogens with one attached hydrogen (secondary N) is 1. The van der Waals surface area contributed by atoms with Crippen LogP contribution in [0.2, 0.25) is 5.02 Å². The molecule has 172 valence electrons. The van der Waals surface area contributed by atoms with Crippen LogP contribution in [0.3, 0.4) is 0 Å². The predicted octanol–water partition coefficient (Wildman–Crippen LogP) is 5.76. The van der Waals surface area contributed by atoms with Crippen molar-refractivity contribution in [2.45, 2.75) is 84.3 Å². The molecule has 1 atom stereocenters. The first-order valence-corrected chi connectivity index (χ1v) is 12.2. The first-order chi connectivity index (χ1) is 15.4. The Labute approximate surface area is 197 Å². The van der Waals surface area contributed by atoms with E-state index in [9.17, 15) is 9.59 Å². The molecule has 1 unspecified atom stereocenters. The van der Waals surface area contributed by atoms with Gasteiger partial charge in [-0.25, -0.2) is 0 Å². The fourth-order valence-electron chi connectivity index (χ4n) is 4.51. The maximum atomic E-state index is 13.6. The van der Waals surface area contributed by atoms with E-state index < -0.39 is 6.04 Å². The van der Waals surface area contributed by atoms with Gasteiger partial charge in [-0.1, -0.05) is 73.7 Å². The van der Waals surface area contributed by atoms with Crippen LogP contribution in [0.1, 0.15) is 67.7 Å². The van der Waals surface area contributed by atoms with Crippen LogP contribution in [0.4, 0.5) is 0 Å². The van der Waals surface area contributed by atoms with Gasteiger partial charge in [-0.3, -0.25) is 9.59 Å². The molecular weight excluding hydrogens is 420 g/mol. The van der Waals surface area contributed by atoms with Crippen molar-refractivity contribution in [3.05, 3.63) is 69.7 Å². The van der Waals surface area contributed by atoms with E-state index in [0.29, 0.717) is 18.0 Å². The lowest BCUT2D eigenvalue weighted by atomic mass is 9.95. The van der Waals surface area contributed by atoms with Crippen molar-refractivity contribution < 1.29 is 9.59 Å². The molecule has 0 aliphatic heterocycles. The van der Waals surface area contributed by atoms with Crippen molar-refractivity contribution in [3.63, 3.8) is 0 Å². The van der Waals surface area contributed by atoms with Crippen molar-refractivity contribution in [1.82, 2.24) is 10.2 Å². The van der Waals surface area contributed by atoms with Gasteiger partial charge in [-0.05, 0) is 61.9 Å². The summed E-state index contributed by atoms with van der Waals surface area (Å²) in [5.41, 5.74) is 4.20. The smallest absolute Gasteiger partial charge is 0.243 e. The molecule has 0 spiro atoms. The van der Waals surface area contributed by atoms with Gasteiger partial charge in [-0.2, -0.15) is 0 Å². The van der Waals surface area contributed by atoms with Gasteiger partial charge in [0, 0.05) is 17.6 Å². The minimum absolute atomic E-state index is 0.0284. The molecule has 2 amide bonds. The maximum Gasteiger partial charge on any atom is 0.243 e. The molecule has 1 fully saturated rings. The Morgan fingerprint density at radius 2 is 1.75 bits per heavy atom. The highest BCUT2D eigenvalue weighted by molar-refractivity contribution is 6.30. The zero-order chi connectivity index (χ0) is 23.1. The maximum absolute atomic E-state index is 13.6. The van der Waals surface area contributed by atoms with Crippen LogP contribution < -0.4 is 5.32 Å². The summed E-state index contributed by atoms with van der Waals surface area (Å²) in [7, 11) is 0. The number of hydrogen-bond acceptors (Lipinski definition) is 2. The second-order valence-electron chi connectivity index (χ2n) is 9.02. The minimum Gasteiger partial charge on any atom is -0.352 e. The standard InChI is InChI=1S/C27H35ClN2O2/c1-4-25(27(32)29-24-8-6-5-7-9-24)30(18-21-12-14-23(28)15-13-21)26(31)17-22-16-19(2)10-11-20(22)3/h10-16,24-25H,4-9,17-18H2,1-3H3,(H,29,32). The molecule has 0 saturated heterocycles. The van der Waals surface area contributed by atoms with Gasteiger partial charge in [-0.15, -0.1) is 0 Å². The molecule has 4 nitrogen and oxygen atoms in total. The third-order valence-corrected chi connectivity index (χ3v) is 6.70. The fraction of sp³-hybridized carbons (Fsp3) is 0.481. The van der Waals surface area contributed by atoms with Crippen molar-refractivity contribution in [3.8, 4) is 0 Å². The number of aryl methyl sites for hydroxylation is 2. The average molecular weight is 455 g/mol. The van der Waals surface area contributed by atoms with E-state index in [2.05, 4.69) is 23.5 Å². The van der Waals surface area contributed by atoms with Crippen molar-refractivity contribution in [2.75, 3.05) is 0 Å². The second kappa shape index (κ2) is 11.5. The number of amides is 2. The number of halogens is 1. The number of nitrogens with zero attached hydrogens (tertiary/aromatic N) is 1. The van der Waals surface area contributed by atoms with Gasteiger partial charge < -0.3 is 10.2 Å². The Kier molecular flexibility index (Phi) is 8.75. The Hall–Kier alpha value is -2.33. The molecule has 5 heteroatoms. The van der Waals surface area contributed by atoms with Crippen molar-refractivity contribution in [1.29, 1.82) is 0 Å². The molecule has 32 heavy (non-hydrogen) atoms. The second-order valence-corrected chi connectivity index (χ2v) is 9.46. The summed E-state index contributed by atoms with van der Waals surface area (Å²) in [4.78, 5) is 28.6. The quantitative estimate of drug-likeness (QED) is 0.551. The summed E-state index contributed by atoms with van der Waals surface area (Å²) < 4.78 is 0. The zero-order valence-electron chi connectivity index (χ0n) is 19.5. The summed E-state index contributed by atoms with van der Waals surface area (Å²) in [5.74, 6) is -0.0676. The molecular formula is C27H35ClN2O2. The van der Waals surface area contributed by atoms with E-state index in [1.165, 1.54) is 6.42 Å². The predicted molar refractivity (Wildman–Crippen MR) is 131 cm³/mol. The van der Waals surface area contributed by atoms with Crippen LogP contribution in [-0.2, 0) is 22.6 Å². The van der Waals surface area contributed by atoms with E-state index in [4.69, 9.17) is 11.6 Å². The van der Waals surface area contributed by atoms with Crippen LogP contribution in [0.15, 0.2) is 42.5 Å². The van der Waals surface area contributed by atoms with Gasteiger partial charge >= 0.3 is 0 Å². The number of carbonyl (C=O) groups excluding carboxylic acids is 2. The molecule has 1 N–H and O–H groups in total. The lowest BCUT2D eigenvalue weighted by Gasteiger charge is -2.33. The van der Waals surface area contributed by atoms with Crippen molar-refractivity contribution >= 4 is 23.4 Å². The number of rotatable bonds is 8. The van der Waals surface area contributed by atoms with Gasteiger partial charge in [0.2, 0.25) is 11.8 Å². The van der Waals surface area contributed by atoms with E-state index >= 15 is 0 Å². The Balaban J connectivity index is 1.83.